The zero-order chi connectivity index (χ0) is 15.8. The number of carbonyl (C=O) groups excluding carboxylic acids is 1. The molecular weight excluding hydrogens is 296 g/mol. The summed E-state index contributed by atoms with van der Waals surface area (Å²) in [5.41, 5.74) is -0.524. The van der Waals surface area contributed by atoms with E-state index in [0.29, 0.717) is 26.2 Å². The molecule has 21 heavy (non-hydrogen) atoms. The Kier molecular flexibility index (Phi) is 4.51. The van der Waals surface area contributed by atoms with Gasteiger partial charge in [0.2, 0.25) is 0 Å². The van der Waals surface area contributed by atoms with Crippen LogP contribution in [0.15, 0.2) is 0 Å². The molecule has 0 aromatic heterocycles. The third-order valence-electron chi connectivity index (χ3n) is 3.73. The number of aliphatic hydroxyl groups is 1. The largest absolute Gasteiger partial charge is 0.444 e. The molecule has 0 saturated carbocycles. The summed E-state index contributed by atoms with van der Waals surface area (Å²) in [6.45, 7) is 7.53. The van der Waals surface area contributed by atoms with Gasteiger partial charge in [-0.05, 0) is 20.8 Å². The predicted octanol–water partition coefficient (Wildman–Crippen LogP) is -0.303. The number of hydrogen-bond donors (Lipinski definition) is 1. The van der Waals surface area contributed by atoms with Crippen molar-refractivity contribution in [3.05, 3.63) is 0 Å². The number of piperazine rings is 1. The van der Waals surface area contributed by atoms with E-state index in [-0.39, 0.29) is 23.6 Å². The number of amides is 1. The Hall–Kier alpha value is -0.860. The fraction of sp³-hybridized carbons (Fsp3) is 0.923. The van der Waals surface area contributed by atoms with Crippen LogP contribution >= 0.6 is 0 Å². The molecule has 8 heteroatoms. The Balaban J connectivity index is 1.88. The van der Waals surface area contributed by atoms with Crippen LogP contribution < -0.4 is 0 Å². The van der Waals surface area contributed by atoms with Crippen molar-refractivity contribution in [2.45, 2.75) is 38.5 Å². The quantitative estimate of drug-likeness (QED) is 0.713. The molecule has 0 aliphatic carbocycles. The molecule has 2 rings (SSSR count). The maximum absolute atomic E-state index is 11.9. The lowest BCUT2D eigenvalue weighted by Gasteiger charge is -2.38. The lowest BCUT2D eigenvalue weighted by molar-refractivity contribution is 0.00339. The second kappa shape index (κ2) is 5.73. The summed E-state index contributed by atoms with van der Waals surface area (Å²) in [5, 5.41) is 9.88. The van der Waals surface area contributed by atoms with Gasteiger partial charge >= 0.3 is 6.09 Å². The van der Waals surface area contributed by atoms with Gasteiger partial charge in [0.15, 0.2) is 9.84 Å². The highest BCUT2D eigenvalue weighted by Crippen LogP contribution is 2.20. The van der Waals surface area contributed by atoms with Gasteiger partial charge in [0, 0.05) is 26.2 Å². The van der Waals surface area contributed by atoms with Crippen LogP contribution in [0.2, 0.25) is 0 Å². The molecule has 1 amide bonds. The molecule has 0 unspecified atom stereocenters. The molecule has 2 aliphatic rings. The van der Waals surface area contributed by atoms with Crippen LogP contribution in [0.25, 0.3) is 0 Å². The zero-order valence-electron chi connectivity index (χ0n) is 12.8. The average Bonchev–Trinajstić information content (AvgIpc) is 2.61. The summed E-state index contributed by atoms with van der Waals surface area (Å²) in [6.07, 6.45) is -1.18. The van der Waals surface area contributed by atoms with Crippen LogP contribution in [-0.2, 0) is 14.6 Å². The number of sulfone groups is 1. The van der Waals surface area contributed by atoms with Crippen LogP contribution in [-0.4, -0.2) is 84.8 Å². The highest BCUT2D eigenvalue weighted by Gasteiger charge is 2.41. The lowest BCUT2D eigenvalue weighted by Crippen LogP contribution is -2.55. The summed E-state index contributed by atoms with van der Waals surface area (Å²) in [5.74, 6) is -0.162. The first kappa shape index (κ1) is 16.5. The smallest absolute Gasteiger partial charge is 0.410 e. The summed E-state index contributed by atoms with van der Waals surface area (Å²) >= 11 is 0. The molecule has 2 fully saturated rings. The maximum atomic E-state index is 11.9. The number of aliphatic hydroxyl groups excluding tert-OH is 1. The van der Waals surface area contributed by atoms with E-state index in [0.717, 1.165) is 0 Å². The Bertz CT molecular complexity index is 491. The minimum Gasteiger partial charge on any atom is -0.444 e. The molecule has 0 aromatic rings. The van der Waals surface area contributed by atoms with Crippen LogP contribution in [0.4, 0.5) is 4.79 Å². The molecule has 0 aromatic carbocycles. The summed E-state index contributed by atoms with van der Waals surface area (Å²) < 4.78 is 28.4. The van der Waals surface area contributed by atoms with Crippen molar-refractivity contribution in [3.63, 3.8) is 0 Å². The minimum absolute atomic E-state index is 0.000599. The molecule has 0 radical (unpaired) electrons. The molecule has 2 atom stereocenters. The zero-order valence-corrected chi connectivity index (χ0v) is 13.6. The van der Waals surface area contributed by atoms with Gasteiger partial charge in [-0.1, -0.05) is 0 Å². The van der Waals surface area contributed by atoms with Gasteiger partial charge in [0.25, 0.3) is 0 Å². The third-order valence-corrected chi connectivity index (χ3v) is 5.43. The molecule has 1 N–H and O–H groups in total. The van der Waals surface area contributed by atoms with E-state index in [9.17, 15) is 18.3 Å². The van der Waals surface area contributed by atoms with Gasteiger partial charge in [-0.3, -0.25) is 4.90 Å². The Labute approximate surface area is 125 Å². The highest BCUT2D eigenvalue weighted by atomic mass is 32.2. The van der Waals surface area contributed by atoms with Gasteiger partial charge in [0.1, 0.15) is 5.60 Å². The standard InChI is InChI=1S/C13H24N2O5S/c1-13(2,3)20-12(17)15-6-4-14(5-7-15)10-8-21(18,19)9-11(10)16/h10-11,16H,4-9H2,1-3H3/t10-,11-/m1/s1. The van der Waals surface area contributed by atoms with Gasteiger partial charge < -0.3 is 14.7 Å². The average molecular weight is 320 g/mol. The van der Waals surface area contributed by atoms with Crippen molar-refractivity contribution < 1.29 is 23.1 Å². The normalized spacial score (nSPS) is 30.4. The summed E-state index contributed by atoms with van der Waals surface area (Å²) in [7, 11) is -3.14. The van der Waals surface area contributed by atoms with Crippen LogP contribution in [0.3, 0.4) is 0 Å². The molecule has 122 valence electrons. The monoisotopic (exact) mass is 320 g/mol. The second-order valence-corrected chi connectivity index (χ2v) is 8.87. The van der Waals surface area contributed by atoms with Crippen molar-refractivity contribution in [1.82, 2.24) is 9.80 Å². The molecule has 2 saturated heterocycles. The van der Waals surface area contributed by atoms with E-state index in [2.05, 4.69) is 0 Å². The highest BCUT2D eigenvalue weighted by molar-refractivity contribution is 7.91. The van der Waals surface area contributed by atoms with Crippen LogP contribution in [0.5, 0.6) is 0 Å². The summed E-state index contributed by atoms with van der Waals surface area (Å²) in [6, 6.07) is -0.351. The fourth-order valence-corrected chi connectivity index (χ4v) is 4.55. The summed E-state index contributed by atoms with van der Waals surface area (Å²) in [4.78, 5) is 15.5. The minimum atomic E-state index is -3.14. The Morgan fingerprint density at radius 1 is 1.14 bits per heavy atom. The maximum Gasteiger partial charge on any atom is 0.410 e. The fourth-order valence-electron chi connectivity index (χ4n) is 2.72. The van der Waals surface area contributed by atoms with Crippen molar-refractivity contribution in [3.8, 4) is 0 Å². The molecule has 0 spiro atoms. The Morgan fingerprint density at radius 2 is 1.71 bits per heavy atom. The number of ether oxygens (including phenoxy) is 1. The second-order valence-electron chi connectivity index (χ2n) is 6.71. The molecule has 2 heterocycles. The van der Waals surface area contributed by atoms with E-state index < -0.39 is 21.5 Å². The third kappa shape index (κ3) is 4.31. The van der Waals surface area contributed by atoms with Crippen molar-refractivity contribution >= 4 is 15.9 Å². The molecule has 7 nitrogen and oxygen atoms in total. The van der Waals surface area contributed by atoms with Crippen LogP contribution in [0, 0.1) is 0 Å². The van der Waals surface area contributed by atoms with E-state index in [1.807, 2.05) is 25.7 Å². The number of nitrogens with zero attached hydrogens (tertiary/aromatic N) is 2. The van der Waals surface area contributed by atoms with Crippen molar-refractivity contribution in [2.24, 2.45) is 0 Å². The number of hydrogen-bond acceptors (Lipinski definition) is 6. The molecule has 2 aliphatic heterocycles. The number of rotatable bonds is 1. The first-order chi connectivity index (χ1) is 9.57. The molecule has 0 bridgehead atoms. The van der Waals surface area contributed by atoms with Gasteiger partial charge in [-0.2, -0.15) is 0 Å². The first-order valence-electron chi connectivity index (χ1n) is 7.18. The topological polar surface area (TPSA) is 87.2 Å². The van der Waals surface area contributed by atoms with E-state index in [1.54, 1.807) is 4.90 Å². The molecular formula is C13H24N2O5S. The predicted molar refractivity (Wildman–Crippen MR) is 77.8 cm³/mol. The van der Waals surface area contributed by atoms with Crippen molar-refractivity contribution in [2.75, 3.05) is 37.7 Å². The Morgan fingerprint density at radius 3 is 2.14 bits per heavy atom. The van der Waals surface area contributed by atoms with Gasteiger partial charge in [-0.25, -0.2) is 13.2 Å². The van der Waals surface area contributed by atoms with Gasteiger partial charge in [0.05, 0.1) is 23.7 Å². The SMILES string of the molecule is CC(C)(C)OC(=O)N1CCN([C@@H]2CS(=O)(=O)C[C@H]2O)CC1. The van der Waals surface area contributed by atoms with E-state index in [4.69, 9.17) is 4.74 Å². The van der Waals surface area contributed by atoms with E-state index >= 15 is 0 Å². The lowest BCUT2D eigenvalue weighted by atomic mass is 10.1. The number of carbonyl (C=O) groups is 1. The van der Waals surface area contributed by atoms with Crippen LogP contribution in [0.1, 0.15) is 20.8 Å². The first-order valence-corrected chi connectivity index (χ1v) is 9.00. The van der Waals surface area contributed by atoms with Crippen molar-refractivity contribution in [1.29, 1.82) is 0 Å². The van der Waals surface area contributed by atoms with Gasteiger partial charge in [-0.15, -0.1) is 0 Å². The van der Waals surface area contributed by atoms with E-state index in [1.165, 1.54) is 0 Å².